The Bertz CT molecular complexity index is 754. The summed E-state index contributed by atoms with van der Waals surface area (Å²) in [7, 11) is 0. The van der Waals surface area contributed by atoms with E-state index >= 15 is 0 Å². The Balaban J connectivity index is 1.33. The molecule has 1 saturated heterocycles. The molecule has 0 unspecified atom stereocenters. The average Bonchev–Trinajstić information content (AvgIpc) is 3.13. The van der Waals surface area contributed by atoms with Gasteiger partial charge in [-0.15, -0.1) is 5.10 Å². The van der Waals surface area contributed by atoms with Crippen LogP contribution in [0.25, 0.3) is 0 Å². The summed E-state index contributed by atoms with van der Waals surface area (Å²) in [5.41, 5.74) is 1.98. The van der Waals surface area contributed by atoms with Crippen molar-refractivity contribution in [1.82, 2.24) is 19.8 Å². The Morgan fingerprint density at radius 2 is 1.96 bits per heavy atom. The molecular formula is C20H26N4O2S. The molecule has 1 aromatic heterocycles. The molecule has 1 aliphatic heterocycles. The van der Waals surface area contributed by atoms with Gasteiger partial charge in [-0.25, -0.2) is 0 Å². The van der Waals surface area contributed by atoms with E-state index in [9.17, 15) is 9.59 Å². The van der Waals surface area contributed by atoms with Gasteiger partial charge in [0.05, 0.1) is 5.69 Å². The molecule has 144 valence electrons. The highest BCUT2D eigenvalue weighted by molar-refractivity contribution is 7.07. The number of likely N-dealkylation sites (tertiary alicyclic amines) is 1. The Hall–Kier alpha value is -2.28. The van der Waals surface area contributed by atoms with E-state index in [2.05, 4.69) is 27.0 Å². The lowest BCUT2D eigenvalue weighted by molar-refractivity contribution is -0.121. The van der Waals surface area contributed by atoms with Crippen LogP contribution in [-0.2, 0) is 11.2 Å². The van der Waals surface area contributed by atoms with Gasteiger partial charge in [0.15, 0.2) is 0 Å². The molecule has 27 heavy (non-hydrogen) atoms. The largest absolute Gasteiger partial charge is 0.356 e. The molecule has 0 atom stereocenters. The highest BCUT2D eigenvalue weighted by Gasteiger charge is 2.26. The first-order chi connectivity index (χ1) is 13.1. The first kappa shape index (κ1) is 19.5. The van der Waals surface area contributed by atoms with Crippen molar-refractivity contribution in [2.75, 3.05) is 19.6 Å². The second kappa shape index (κ2) is 9.60. The van der Waals surface area contributed by atoms with Crippen LogP contribution in [0.4, 0.5) is 0 Å². The summed E-state index contributed by atoms with van der Waals surface area (Å²) in [6.45, 7) is 3.97. The van der Waals surface area contributed by atoms with Gasteiger partial charge < -0.3 is 10.2 Å². The van der Waals surface area contributed by atoms with Crippen molar-refractivity contribution >= 4 is 23.3 Å². The number of hydrogen-bond donors (Lipinski definition) is 1. The summed E-state index contributed by atoms with van der Waals surface area (Å²) in [5, 5.41) is 6.97. The zero-order valence-electron chi connectivity index (χ0n) is 15.7. The number of piperidine rings is 1. The molecular weight excluding hydrogens is 360 g/mol. The van der Waals surface area contributed by atoms with Crippen molar-refractivity contribution in [2.45, 2.75) is 39.0 Å². The number of nitrogens with zero attached hydrogens (tertiary/aromatic N) is 3. The number of nitrogens with one attached hydrogen (secondary N) is 1. The minimum atomic E-state index is 0.0332. The van der Waals surface area contributed by atoms with Gasteiger partial charge in [0.1, 0.15) is 4.88 Å². The van der Waals surface area contributed by atoms with Crippen molar-refractivity contribution in [3.05, 3.63) is 46.5 Å². The SMILES string of the molecule is Cc1nnsc1C(=O)N1CCC(CNC(=O)CCCc2ccccc2)CC1. The van der Waals surface area contributed by atoms with Gasteiger partial charge in [-0.05, 0) is 55.6 Å². The number of carbonyl (C=O) groups is 2. The molecule has 0 saturated carbocycles. The predicted molar refractivity (Wildman–Crippen MR) is 106 cm³/mol. The Morgan fingerprint density at radius 1 is 1.22 bits per heavy atom. The van der Waals surface area contributed by atoms with Crippen LogP contribution >= 0.6 is 11.5 Å². The van der Waals surface area contributed by atoms with Gasteiger partial charge >= 0.3 is 0 Å². The van der Waals surface area contributed by atoms with Crippen molar-refractivity contribution in [3.8, 4) is 0 Å². The molecule has 1 aliphatic rings. The van der Waals surface area contributed by atoms with Crippen LogP contribution in [-0.4, -0.2) is 45.9 Å². The topological polar surface area (TPSA) is 75.2 Å². The minimum Gasteiger partial charge on any atom is -0.356 e. The number of aryl methyl sites for hydroxylation is 2. The molecule has 0 bridgehead atoms. The first-order valence-electron chi connectivity index (χ1n) is 9.52. The van der Waals surface area contributed by atoms with Crippen LogP contribution in [0.1, 0.15) is 46.6 Å². The molecule has 1 N–H and O–H groups in total. The maximum Gasteiger partial charge on any atom is 0.267 e. The monoisotopic (exact) mass is 386 g/mol. The number of aromatic nitrogens is 2. The van der Waals surface area contributed by atoms with Crippen molar-refractivity contribution in [2.24, 2.45) is 5.92 Å². The third kappa shape index (κ3) is 5.60. The molecule has 7 heteroatoms. The third-order valence-electron chi connectivity index (χ3n) is 5.05. The first-order valence-corrected chi connectivity index (χ1v) is 10.3. The fourth-order valence-corrected chi connectivity index (χ4v) is 3.98. The lowest BCUT2D eigenvalue weighted by atomic mass is 9.96. The van der Waals surface area contributed by atoms with Gasteiger partial charge in [-0.2, -0.15) is 0 Å². The maximum absolute atomic E-state index is 12.5. The van der Waals surface area contributed by atoms with E-state index in [1.807, 2.05) is 30.0 Å². The summed E-state index contributed by atoms with van der Waals surface area (Å²) in [6.07, 6.45) is 4.19. The van der Waals surface area contributed by atoms with Gasteiger partial charge in [-0.1, -0.05) is 34.8 Å². The summed E-state index contributed by atoms with van der Waals surface area (Å²) < 4.78 is 3.84. The quantitative estimate of drug-likeness (QED) is 0.794. The second-order valence-corrected chi connectivity index (χ2v) is 7.82. The van der Waals surface area contributed by atoms with Gasteiger partial charge in [0.2, 0.25) is 5.91 Å². The molecule has 0 spiro atoms. The molecule has 3 rings (SSSR count). The van der Waals surface area contributed by atoms with Crippen molar-refractivity contribution < 1.29 is 9.59 Å². The molecule has 6 nitrogen and oxygen atoms in total. The third-order valence-corrected chi connectivity index (χ3v) is 5.86. The highest BCUT2D eigenvalue weighted by Crippen LogP contribution is 2.20. The summed E-state index contributed by atoms with van der Waals surface area (Å²) in [6, 6.07) is 10.2. The Morgan fingerprint density at radius 3 is 2.63 bits per heavy atom. The molecule has 2 aromatic rings. The summed E-state index contributed by atoms with van der Waals surface area (Å²) in [4.78, 5) is 27.0. The van der Waals surface area contributed by atoms with E-state index in [4.69, 9.17) is 0 Å². The van der Waals surface area contributed by atoms with E-state index in [1.54, 1.807) is 0 Å². The second-order valence-electron chi connectivity index (χ2n) is 7.07. The van der Waals surface area contributed by atoms with Crippen LogP contribution in [0.5, 0.6) is 0 Å². The maximum atomic E-state index is 12.5. The van der Waals surface area contributed by atoms with Crippen LogP contribution in [0.3, 0.4) is 0 Å². The zero-order valence-corrected chi connectivity index (χ0v) is 16.5. The number of hydrogen-bond acceptors (Lipinski definition) is 5. The molecule has 0 radical (unpaired) electrons. The van der Waals surface area contributed by atoms with E-state index < -0.39 is 0 Å². The van der Waals surface area contributed by atoms with E-state index in [-0.39, 0.29) is 11.8 Å². The zero-order chi connectivity index (χ0) is 19.1. The Kier molecular flexibility index (Phi) is 6.92. The fraction of sp³-hybridized carbons (Fsp3) is 0.500. The van der Waals surface area contributed by atoms with Crippen LogP contribution < -0.4 is 5.32 Å². The predicted octanol–water partition coefficient (Wildman–Crippen LogP) is 2.84. The van der Waals surface area contributed by atoms with Gasteiger partial charge in [0, 0.05) is 26.1 Å². The highest BCUT2D eigenvalue weighted by atomic mass is 32.1. The van der Waals surface area contributed by atoms with Crippen LogP contribution in [0.2, 0.25) is 0 Å². The fourth-order valence-electron chi connectivity index (χ4n) is 3.36. The minimum absolute atomic E-state index is 0.0332. The Labute approximate surface area is 164 Å². The smallest absolute Gasteiger partial charge is 0.267 e. The van der Waals surface area contributed by atoms with Crippen molar-refractivity contribution in [3.63, 3.8) is 0 Å². The molecule has 1 fully saturated rings. The normalized spacial score (nSPS) is 14.9. The summed E-state index contributed by atoms with van der Waals surface area (Å²) in [5.74, 6) is 0.592. The van der Waals surface area contributed by atoms with Gasteiger partial charge in [0.25, 0.3) is 5.91 Å². The van der Waals surface area contributed by atoms with Crippen LogP contribution in [0.15, 0.2) is 30.3 Å². The number of benzene rings is 1. The lowest BCUT2D eigenvalue weighted by Crippen LogP contribution is -2.41. The number of rotatable bonds is 7. The van der Waals surface area contributed by atoms with E-state index in [0.717, 1.165) is 50.3 Å². The molecule has 0 aliphatic carbocycles. The van der Waals surface area contributed by atoms with Crippen molar-refractivity contribution in [1.29, 1.82) is 0 Å². The summed E-state index contributed by atoms with van der Waals surface area (Å²) >= 11 is 1.16. The van der Waals surface area contributed by atoms with Gasteiger partial charge in [-0.3, -0.25) is 9.59 Å². The molecule has 2 heterocycles. The standard InChI is InChI=1S/C20H26N4O2S/c1-15-19(27-23-22-15)20(26)24-12-10-17(11-13-24)14-21-18(25)9-5-8-16-6-3-2-4-7-16/h2-4,6-7,17H,5,8-14H2,1H3,(H,21,25). The molecule has 2 amide bonds. The molecule has 1 aromatic carbocycles. The average molecular weight is 387 g/mol. The van der Waals surface area contributed by atoms with E-state index in [1.165, 1.54) is 5.56 Å². The lowest BCUT2D eigenvalue weighted by Gasteiger charge is -2.31. The van der Waals surface area contributed by atoms with Crippen LogP contribution in [0, 0.1) is 12.8 Å². The number of amides is 2. The van der Waals surface area contributed by atoms with E-state index in [0.29, 0.717) is 29.5 Å². The number of carbonyl (C=O) groups excluding carboxylic acids is 2.